The molecule has 1 aromatic carbocycles. The quantitative estimate of drug-likeness (QED) is 0.746. The van der Waals surface area contributed by atoms with Crippen molar-refractivity contribution in [2.24, 2.45) is 5.92 Å². The summed E-state index contributed by atoms with van der Waals surface area (Å²) in [5.41, 5.74) is 8.97. The van der Waals surface area contributed by atoms with E-state index in [2.05, 4.69) is 25.2 Å². The van der Waals surface area contributed by atoms with Crippen molar-refractivity contribution in [3.63, 3.8) is 0 Å². The lowest BCUT2D eigenvalue weighted by atomic mass is 10.0. The van der Waals surface area contributed by atoms with Gasteiger partial charge in [0, 0.05) is 6.61 Å². The summed E-state index contributed by atoms with van der Waals surface area (Å²) < 4.78 is 5.49. The van der Waals surface area contributed by atoms with Gasteiger partial charge in [0.15, 0.2) is 0 Å². The van der Waals surface area contributed by atoms with Crippen LogP contribution in [0.4, 0.5) is 11.4 Å². The van der Waals surface area contributed by atoms with Gasteiger partial charge in [-0.15, -0.1) is 0 Å². The molecule has 1 aromatic rings. The van der Waals surface area contributed by atoms with E-state index in [1.165, 1.54) is 5.56 Å². The summed E-state index contributed by atoms with van der Waals surface area (Å²) in [6.45, 7) is 9.87. The molecule has 0 aliphatic carbocycles. The molecule has 1 atom stereocenters. The van der Waals surface area contributed by atoms with E-state index in [-0.39, 0.29) is 0 Å². The first kappa shape index (κ1) is 13.8. The molecule has 0 radical (unpaired) electrons. The summed E-state index contributed by atoms with van der Waals surface area (Å²) in [6.07, 6.45) is 0. The van der Waals surface area contributed by atoms with E-state index in [0.717, 1.165) is 18.0 Å². The summed E-state index contributed by atoms with van der Waals surface area (Å²) in [4.78, 5) is 0. The van der Waals surface area contributed by atoms with E-state index >= 15 is 0 Å². The van der Waals surface area contributed by atoms with Gasteiger partial charge in [0.25, 0.3) is 0 Å². The number of rotatable bonds is 6. The van der Waals surface area contributed by atoms with Gasteiger partial charge in [0.05, 0.1) is 24.0 Å². The molecule has 1 rings (SSSR count). The highest BCUT2D eigenvalue weighted by molar-refractivity contribution is 5.67. The number of nitrogens with two attached hydrogens (primary N) is 1. The van der Waals surface area contributed by atoms with E-state index < -0.39 is 0 Å². The first-order valence-corrected chi connectivity index (χ1v) is 6.25. The summed E-state index contributed by atoms with van der Waals surface area (Å²) >= 11 is 0. The highest BCUT2D eigenvalue weighted by Crippen LogP contribution is 2.22. The Kier molecular flexibility index (Phi) is 5.29. The fourth-order valence-electron chi connectivity index (χ4n) is 1.66. The topological polar surface area (TPSA) is 47.3 Å². The molecule has 17 heavy (non-hydrogen) atoms. The van der Waals surface area contributed by atoms with Gasteiger partial charge in [0.2, 0.25) is 0 Å². The van der Waals surface area contributed by atoms with Gasteiger partial charge >= 0.3 is 0 Å². The van der Waals surface area contributed by atoms with E-state index in [9.17, 15) is 0 Å². The monoisotopic (exact) mass is 236 g/mol. The van der Waals surface area contributed by atoms with Crippen molar-refractivity contribution in [1.29, 1.82) is 0 Å². The number of anilines is 2. The zero-order chi connectivity index (χ0) is 12.8. The van der Waals surface area contributed by atoms with Crippen LogP contribution in [-0.4, -0.2) is 19.3 Å². The standard InChI is InChI=1S/C14H24N2O/c1-5-17-9-14(10(2)3)16-13-7-6-11(4)8-12(13)15/h6-8,10,14,16H,5,9,15H2,1-4H3. The van der Waals surface area contributed by atoms with Gasteiger partial charge < -0.3 is 15.8 Å². The van der Waals surface area contributed by atoms with Gasteiger partial charge in [-0.2, -0.15) is 0 Å². The molecule has 3 nitrogen and oxygen atoms in total. The number of hydrogen-bond acceptors (Lipinski definition) is 3. The van der Waals surface area contributed by atoms with Gasteiger partial charge in [-0.05, 0) is 37.5 Å². The molecule has 0 saturated heterocycles. The number of nitrogen functional groups attached to an aromatic ring is 1. The van der Waals surface area contributed by atoms with Gasteiger partial charge in [-0.3, -0.25) is 0 Å². The second-order valence-electron chi connectivity index (χ2n) is 4.75. The second kappa shape index (κ2) is 6.50. The molecule has 0 saturated carbocycles. The van der Waals surface area contributed by atoms with Crippen LogP contribution in [0.5, 0.6) is 0 Å². The smallest absolute Gasteiger partial charge is 0.0670 e. The third-order valence-corrected chi connectivity index (χ3v) is 2.85. The molecule has 0 aromatic heterocycles. The maximum Gasteiger partial charge on any atom is 0.0670 e. The van der Waals surface area contributed by atoms with Crippen LogP contribution in [0.15, 0.2) is 18.2 Å². The van der Waals surface area contributed by atoms with E-state index in [1.54, 1.807) is 0 Å². The molecule has 0 fully saturated rings. The normalized spacial score (nSPS) is 12.8. The van der Waals surface area contributed by atoms with Crippen LogP contribution in [0, 0.1) is 12.8 Å². The minimum absolute atomic E-state index is 0.292. The van der Waals surface area contributed by atoms with Crippen molar-refractivity contribution in [2.45, 2.75) is 33.7 Å². The van der Waals surface area contributed by atoms with Crippen LogP contribution >= 0.6 is 0 Å². The van der Waals surface area contributed by atoms with Crippen molar-refractivity contribution >= 4 is 11.4 Å². The number of hydrogen-bond donors (Lipinski definition) is 2. The zero-order valence-electron chi connectivity index (χ0n) is 11.3. The molecule has 1 unspecified atom stereocenters. The fourth-order valence-corrected chi connectivity index (χ4v) is 1.66. The molecule has 0 aliphatic heterocycles. The van der Waals surface area contributed by atoms with Crippen molar-refractivity contribution in [3.8, 4) is 0 Å². The average molecular weight is 236 g/mol. The average Bonchev–Trinajstić information content (AvgIpc) is 2.26. The minimum Gasteiger partial charge on any atom is -0.397 e. The van der Waals surface area contributed by atoms with E-state index in [1.807, 2.05) is 26.0 Å². The summed E-state index contributed by atoms with van der Waals surface area (Å²) in [6, 6.07) is 6.38. The van der Waals surface area contributed by atoms with Crippen molar-refractivity contribution < 1.29 is 4.74 Å². The van der Waals surface area contributed by atoms with Crippen LogP contribution in [0.1, 0.15) is 26.3 Å². The molecule has 0 aliphatic rings. The van der Waals surface area contributed by atoms with Crippen molar-refractivity contribution in [3.05, 3.63) is 23.8 Å². The van der Waals surface area contributed by atoms with Crippen LogP contribution in [0.2, 0.25) is 0 Å². The molecule has 0 bridgehead atoms. The molecule has 0 spiro atoms. The maximum atomic E-state index is 6.00. The van der Waals surface area contributed by atoms with Crippen molar-refractivity contribution in [1.82, 2.24) is 0 Å². The Hall–Kier alpha value is -1.22. The van der Waals surface area contributed by atoms with Gasteiger partial charge in [-0.1, -0.05) is 19.9 Å². The van der Waals surface area contributed by atoms with Crippen LogP contribution < -0.4 is 11.1 Å². The third kappa shape index (κ3) is 4.27. The Morgan fingerprint density at radius 2 is 2.06 bits per heavy atom. The van der Waals surface area contributed by atoms with Crippen LogP contribution in [0.3, 0.4) is 0 Å². The van der Waals surface area contributed by atoms with E-state index in [4.69, 9.17) is 10.5 Å². The molecule has 96 valence electrons. The Morgan fingerprint density at radius 1 is 1.35 bits per heavy atom. The first-order valence-electron chi connectivity index (χ1n) is 6.25. The van der Waals surface area contributed by atoms with E-state index in [0.29, 0.717) is 18.6 Å². The predicted molar refractivity (Wildman–Crippen MR) is 74.3 cm³/mol. The molecule has 0 amide bonds. The lowest BCUT2D eigenvalue weighted by Crippen LogP contribution is -2.31. The zero-order valence-corrected chi connectivity index (χ0v) is 11.3. The molecule has 3 heteroatoms. The first-order chi connectivity index (χ1) is 8.04. The Balaban J connectivity index is 2.71. The summed E-state index contributed by atoms with van der Waals surface area (Å²) in [5, 5.41) is 3.46. The van der Waals surface area contributed by atoms with Gasteiger partial charge in [0.1, 0.15) is 0 Å². The highest BCUT2D eigenvalue weighted by Gasteiger charge is 2.14. The largest absolute Gasteiger partial charge is 0.397 e. The number of nitrogens with one attached hydrogen (secondary N) is 1. The number of aryl methyl sites for hydroxylation is 1. The number of ether oxygens (including phenoxy) is 1. The number of benzene rings is 1. The maximum absolute atomic E-state index is 6.00. The van der Waals surface area contributed by atoms with Crippen LogP contribution in [0.25, 0.3) is 0 Å². The Bertz CT molecular complexity index is 350. The SMILES string of the molecule is CCOCC(Nc1ccc(C)cc1N)C(C)C. The molecular formula is C14H24N2O. The molecule has 0 heterocycles. The Morgan fingerprint density at radius 3 is 2.59 bits per heavy atom. The molecule has 3 N–H and O–H groups in total. The minimum atomic E-state index is 0.292. The highest BCUT2D eigenvalue weighted by atomic mass is 16.5. The Labute approximate surface area is 104 Å². The lowest BCUT2D eigenvalue weighted by molar-refractivity contribution is 0.127. The fraction of sp³-hybridized carbons (Fsp3) is 0.571. The third-order valence-electron chi connectivity index (χ3n) is 2.85. The second-order valence-corrected chi connectivity index (χ2v) is 4.75. The van der Waals surface area contributed by atoms with Gasteiger partial charge in [-0.25, -0.2) is 0 Å². The summed E-state index contributed by atoms with van der Waals surface area (Å²) in [5.74, 6) is 0.502. The predicted octanol–water partition coefficient (Wildman–Crippen LogP) is 3.05. The van der Waals surface area contributed by atoms with Crippen molar-refractivity contribution in [2.75, 3.05) is 24.3 Å². The van der Waals surface area contributed by atoms with Crippen LogP contribution in [-0.2, 0) is 4.74 Å². The lowest BCUT2D eigenvalue weighted by Gasteiger charge is -2.24. The summed E-state index contributed by atoms with van der Waals surface area (Å²) in [7, 11) is 0. The molecular weight excluding hydrogens is 212 g/mol.